The van der Waals surface area contributed by atoms with E-state index < -0.39 is 0 Å². The van der Waals surface area contributed by atoms with E-state index in [9.17, 15) is 9.59 Å². The summed E-state index contributed by atoms with van der Waals surface area (Å²) >= 11 is 0. The van der Waals surface area contributed by atoms with E-state index in [2.05, 4.69) is 15.5 Å². The van der Waals surface area contributed by atoms with E-state index in [1.165, 1.54) is 0 Å². The van der Waals surface area contributed by atoms with Gasteiger partial charge in [-0.15, -0.1) is 0 Å². The highest BCUT2D eigenvalue weighted by Crippen LogP contribution is 2.19. The van der Waals surface area contributed by atoms with E-state index in [1.54, 1.807) is 11.8 Å². The van der Waals surface area contributed by atoms with Gasteiger partial charge in [0.2, 0.25) is 11.7 Å². The lowest BCUT2D eigenvalue weighted by molar-refractivity contribution is -0.123. The molecule has 0 bridgehead atoms. The molecule has 1 atom stereocenters. The van der Waals surface area contributed by atoms with Crippen LogP contribution in [0.5, 0.6) is 0 Å². The second-order valence-electron chi connectivity index (χ2n) is 6.72. The number of hydrogen-bond donors (Lipinski definition) is 1. The summed E-state index contributed by atoms with van der Waals surface area (Å²) in [5.41, 5.74) is 1.41. The van der Waals surface area contributed by atoms with Crippen LogP contribution in [0.3, 0.4) is 0 Å². The number of aryl methyl sites for hydroxylation is 3. The Morgan fingerprint density at radius 2 is 2.14 bits per heavy atom. The average Bonchev–Trinajstić information content (AvgIpc) is 3.32. The predicted octanol–water partition coefficient (Wildman–Crippen LogP) is 1.64. The molecule has 1 aliphatic heterocycles. The molecule has 9 heteroatoms. The SMILES string of the molecule is CCc1cc(CNC(=O)C[C@@H]2COCCN2C(=O)c2oc(CC)nc2C)on1. The van der Waals surface area contributed by atoms with Crippen molar-refractivity contribution in [2.24, 2.45) is 0 Å². The largest absolute Gasteiger partial charge is 0.435 e. The smallest absolute Gasteiger partial charge is 0.291 e. The summed E-state index contributed by atoms with van der Waals surface area (Å²) in [5.74, 6) is 0.919. The molecule has 0 aliphatic carbocycles. The van der Waals surface area contributed by atoms with Gasteiger partial charge in [0, 0.05) is 25.5 Å². The Morgan fingerprint density at radius 3 is 2.82 bits per heavy atom. The van der Waals surface area contributed by atoms with Crippen LogP contribution in [-0.4, -0.2) is 52.7 Å². The molecule has 0 aromatic carbocycles. The van der Waals surface area contributed by atoms with Gasteiger partial charge in [-0.25, -0.2) is 4.98 Å². The zero-order valence-corrected chi connectivity index (χ0v) is 16.5. The summed E-state index contributed by atoms with van der Waals surface area (Å²) in [6, 6.07) is 1.45. The van der Waals surface area contributed by atoms with Gasteiger partial charge in [-0.3, -0.25) is 9.59 Å². The number of carbonyl (C=O) groups excluding carboxylic acids is 2. The Labute approximate surface area is 163 Å². The first-order chi connectivity index (χ1) is 13.5. The molecule has 3 heterocycles. The van der Waals surface area contributed by atoms with Crippen LogP contribution in [0.25, 0.3) is 0 Å². The minimum Gasteiger partial charge on any atom is -0.435 e. The van der Waals surface area contributed by atoms with E-state index in [4.69, 9.17) is 13.7 Å². The molecule has 152 valence electrons. The highest BCUT2D eigenvalue weighted by atomic mass is 16.5. The van der Waals surface area contributed by atoms with Crippen LogP contribution < -0.4 is 5.32 Å². The molecule has 1 fully saturated rings. The Hall–Kier alpha value is -2.68. The van der Waals surface area contributed by atoms with Crippen molar-refractivity contribution in [1.82, 2.24) is 20.4 Å². The predicted molar refractivity (Wildman–Crippen MR) is 98.6 cm³/mol. The quantitative estimate of drug-likeness (QED) is 0.765. The fourth-order valence-corrected chi connectivity index (χ4v) is 3.10. The van der Waals surface area contributed by atoms with Crippen LogP contribution in [0.1, 0.15) is 53.9 Å². The van der Waals surface area contributed by atoms with E-state index in [1.807, 2.05) is 19.9 Å². The van der Waals surface area contributed by atoms with Gasteiger partial charge in [0.25, 0.3) is 5.91 Å². The first-order valence-electron chi connectivity index (χ1n) is 9.58. The van der Waals surface area contributed by atoms with Crippen molar-refractivity contribution in [2.45, 2.75) is 52.6 Å². The van der Waals surface area contributed by atoms with Crippen LogP contribution in [0.2, 0.25) is 0 Å². The van der Waals surface area contributed by atoms with Gasteiger partial charge in [-0.2, -0.15) is 0 Å². The lowest BCUT2D eigenvalue weighted by Crippen LogP contribution is -2.50. The minimum absolute atomic E-state index is 0.133. The summed E-state index contributed by atoms with van der Waals surface area (Å²) in [7, 11) is 0. The normalized spacial score (nSPS) is 17.0. The van der Waals surface area contributed by atoms with Gasteiger partial charge in [-0.05, 0) is 13.3 Å². The zero-order valence-electron chi connectivity index (χ0n) is 16.5. The van der Waals surface area contributed by atoms with Gasteiger partial charge < -0.3 is 23.9 Å². The van der Waals surface area contributed by atoms with Gasteiger partial charge in [0.05, 0.1) is 37.2 Å². The van der Waals surface area contributed by atoms with Crippen molar-refractivity contribution in [2.75, 3.05) is 19.8 Å². The van der Waals surface area contributed by atoms with Crippen LogP contribution in [0, 0.1) is 6.92 Å². The van der Waals surface area contributed by atoms with Crippen LogP contribution >= 0.6 is 0 Å². The van der Waals surface area contributed by atoms with Crippen LogP contribution in [-0.2, 0) is 28.9 Å². The molecule has 1 N–H and O–H groups in total. The molecule has 0 unspecified atom stereocenters. The Morgan fingerprint density at radius 1 is 1.32 bits per heavy atom. The summed E-state index contributed by atoms with van der Waals surface area (Å²) in [5, 5.41) is 6.70. The third-order valence-corrected chi connectivity index (χ3v) is 4.68. The molecule has 3 rings (SSSR count). The van der Waals surface area contributed by atoms with E-state index in [0.29, 0.717) is 43.5 Å². The number of ether oxygens (including phenoxy) is 1. The molecule has 1 aliphatic rings. The molecule has 0 spiro atoms. The molecule has 28 heavy (non-hydrogen) atoms. The second-order valence-corrected chi connectivity index (χ2v) is 6.72. The minimum atomic E-state index is -0.364. The fraction of sp³-hybridized carbons (Fsp3) is 0.579. The Kier molecular flexibility index (Phi) is 6.45. The molecule has 2 aromatic heterocycles. The lowest BCUT2D eigenvalue weighted by atomic mass is 10.1. The van der Waals surface area contributed by atoms with Crippen molar-refractivity contribution >= 4 is 11.8 Å². The summed E-state index contributed by atoms with van der Waals surface area (Å²) in [4.78, 5) is 31.2. The topological polar surface area (TPSA) is 111 Å². The first-order valence-corrected chi connectivity index (χ1v) is 9.58. The highest BCUT2D eigenvalue weighted by molar-refractivity contribution is 5.93. The summed E-state index contributed by atoms with van der Waals surface area (Å²) in [6.45, 7) is 7.04. The summed E-state index contributed by atoms with van der Waals surface area (Å²) in [6.07, 6.45) is 1.52. The van der Waals surface area contributed by atoms with Gasteiger partial charge in [0.1, 0.15) is 0 Å². The standard InChI is InChI=1S/C19H26N4O5/c1-4-13-8-15(28-22-13)10-20-16(24)9-14-11-26-7-6-23(14)19(25)18-12(3)21-17(5-2)27-18/h8,14H,4-7,9-11H2,1-3H3,(H,20,24)/t14-/m1/s1. The number of oxazole rings is 1. The molecular formula is C19H26N4O5. The van der Waals surface area contributed by atoms with Gasteiger partial charge >= 0.3 is 0 Å². The number of morpholine rings is 1. The monoisotopic (exact) mass is 390 g/mol. The molecule has 0 saturated carbocycles. The van der Waals surface area contributed by atoms with Crippen LogP contribution in [0.15, 0.2) is 15.0 Å². The third kappa shape index (κ3) is 4.59. The zero-order chi connectivity index (χ0) is 20.1. The Balaban J connectivity index is 1.61. The molecule has 9 nitrogen and oxygen atoms in total. The van der Waals surface area contributed by atoms with Crippen molar-refractivity contribution in [3.8, 4) is 0 Å². The number of nitrogens with zero attached hydrogens (tertiary/aromatic N) is 3. The second kappa shape index (κ2) is 9.01. The maximum absolute atomic E-state index is 12.9. The average molecular weight is 390 g/mol. The number of rotatable bonds is 7. The maximum atomic E-state index is 12.9. The number of amides is 2. The Bertz CT molecular complexity index is 828. The lowest BCUT2D eigenvalue weighted by Gasteiger charge is -2.34. The molecule has 0 radical (unpaired) electrons. The third-order valence-electron chi connectivity index (χ3n) is 4.68. The first kappa shape index (κ1) is 20.1. The number of aromatic nitrogens is 2. The van der Waals surface area contributed by atoms with E-state index in [0.717, 1.165) is 12.1 Å². The number of hydrogen-bond acceptors (Lipinski definition) is 7. The molecule has 1 saturated heterocycles. The van der Waals surface area contributed by atoms with Crippen LogP contribution in [0.4, 0.5) is 0 Å². The number of carbonyl (C=O) groups is 2. The molecule has 2 aromatic rings. The summed E-state index contributed by atoms with van der Waals surface area (Å²) < 4.78 is 16.2. The van der Waals surface area contributed by atoms with E-state index >= 15 is 0 Å². The molecular weight excluding hydrogens is 364 g/mol. The highest BCUT2D eigenvalue weighted by Gasteiger charge is 2.32. The molecule has 2 amide bonds. The maximum Gasteiger partial charge on any atom is 0.291 e. The van der Waals surface area contributed by atoms with Gasteiger partial charge in [-0.1, -0.05) is 19.0 Å². The van der Waals surface area contributed by atoms with Crippen molar-refractivity contribution in [3.05, 3.63) is 34.9 Å². The fourth-order valence-electron chi connectivity index (χ4n) is 3.10. The van der Waals surface area contributed by atoms with Crippen molar-refractivity contribution < 1.29 is 23.3 Å². The van der Waals surface area contributed by atoms with E-state index in [-0.39, 0.29) is 36.6 Å². The number of nitrogens with one attached hydrogen (secondary N) is 1. The van der Waals surface area contributed by atoms with Crippen molar-refractivity contribution in [1.29, 1.82) is 0 Å². The van der Waals surface area contributed by atoms with Crippen molar-refractivity contribution in [3.63, 3.8) is 0 Å². The van der Waals surface area contributed by atoms with Gasteiger partial charge in [0.15, 0.2) is 11.7 Å².